The van der Waals surface area contributed by atoms with Gasteiger partial charge in [0, 0.05) is 26.7 Å². The molecule has 0 spiro atoms. The molecule has 0 saturated carbocycles. The van der Waals surface area contributed by atoms with Crippen LogP contribution in [0.4, 0.5) is 0 Å². The topological polar surface area (TPSA) is 45.5 Å². The molecule has 24 heavy (non-hydrogen) atoms. The first kappa shape index (κ1) is 16.8. The lowest BCUT2D eigenvalue weighted by atomic mass is 9.92. The minimum absolute atomic E-state index is 0.604. The minimum atomic E-state index is 0.604. The molecule has 5 nitrogen and oxygen atoms in total. The highest BCUT2D eigenvalue weighted by Gasteiger charge is 2.24. The van der Waals surface area contributed by atoms with E-state index in [2.05, 4.69) is 60.8 Å². The summed E-state index contributed by atoms with van der Waals surface area (Å²) < 4.78 is 2.14. The number of nitrogens with one attached hydrogen (secondary N) is 1. The van der Waals surface area contributed by atoms with Crippen molar-refractivity contribution in [1.29, 1.82) is 0 Å². The van der Waals surface area contributed by atoms with Crippen molar-refractivity contribution in [2.45, 2.75) is 33.7 Å². The van der Waals surface area contributed by atoms with E-state index >= 15 is 0 Å². The van der Waals surface area contributed by atoms with Crippen LogP contribution in [0.2, 0.25) is 0 Å². The number of guanidine groups is 1. The molecular weight excluding hydrogens is 298 g/mol. The standard InChI is InChI=1S/C19H29N5/c1-5-20-19(24-12-14(2)10-15(3)13-24)21-11-18-22-16-8-6-7-9-17(16)23(18)4/h6-9,14-15H,5,10-13H2,1-4H3,(H,20,21). The molecule has 5 heteroatoms. The molecule has 1 fully saturated rings. The van der Waals surface area contributed by atoms with Crippen molar-refractivity contribution in [3.05, 3.63) is 30.1 Å². The van der Waals surface area contributed by atoms with E-state index in [-0.39, 0.29) is 0 Å². The number of likely N-dealkylation sites (tertiary alicyclic amines) is 1. The predicted octanol–water partition coefficient (Wildman–Crippen LogP) is 3.02. The first-order valence-corrected chi connectivity index (χ1v) is 9.02. The van der Waals surface area contributed by atoms with E-state index in [0.717, 1.165) is 42.5 Å². The highest BCUT2D eigenvalue weighted by Crippen LogP contribution is 2.21. The van der Waals surface area contributed by atoms with Gasteiger partial charge in [-0.1, -0.05) is 26.0 Å². The number of aromatic nitrogens is 2. The summed E-state index contributed by atoms with van der Waals surface area (Å²) in [4.78, 5) is 12.0. The fraction of sp³-hybridized carbons (Fsp3) is 0.579. The second-order valence-corrected chi connectivity index (χ2v) is 7.10. The van der Waals surface area contributed by atoms with Gasteiger partial charge in [-0.15, -0.1) is 0 Å². The number of rotatable bonds is 3. The molecule has 2 heterocycles. The molecule has 0 aliphatic carbocycles. The molecular formula is C19H29N5. The van der Waals surface area contributed by atoms with Crippen molar-refractivity contribution < 1.29 is 0 Å². The minimum Gasteiger partial charge on any atom is -0.357 e. The van der Waals surface area contributed by atoms with Crippen LogP contribution >= 0.6 is 0 Å². The highest BCUT2D eigenvalue weighted by atomic mass is 15.3. The van der Waals surface area contributed by atoms with Crippen LogP contribution in [0.15, 0.2) is 29.3 Å². The Morgan fingerprint density at radius 1 is 1.25 bits per heavy atom. The number of aliphatic imine (C=N–C) groups is 1. The lowest BCUT2D eigenvalue weighted by Gasteiger charge is -2.37. The summed E-state index contributed by atoms with van der Waals surface area (Å²) in [6, 6.07) is 8.25. The maximum absolute atomic E-state index is 4.88. The summed E-state index contributed by atoms with van der Waals surface area (Å²) in [5, 5.41) is 3.46. The first-order valence-electron chi connectivity index (χ1n) is 9.02. The lowest BCUT2D eigenvalue weighted by Crippen LogP contribution is -2.48. The Labute approximate surface area is 144 Å². The van der Waals surface area contributed by atoms with E-state index in [0.29, 0.717) is 18.4 Å². The average molecular weight is 327 g/mol. The molecule has 1 aliphatic heterocycles. The molecule has 1 aromatic heterocycles. The zero-order valence-electron chi connectivity index (χ0n) is 15.3. The fourth-order valence-corrected chi connectivity index (χ4v) is 3.74. The van der Waals surface area contributed by atoms with Crippen molar-refractivity contribution in [1.82, 2.24) is 19.8 Å². The second-order valence-electron chi connectivity index (χ2n) is 7.10. The molecule has 2 aromatic rings. The number of hydrogen-bond acceptors (Lipinski definition) is 2. The van der Waals surface area contributed by atoms with Crippen LogP contribution in [0.25, 0.3) is 11.0 Å². The number of piperidine rings is 1. The summed E-state index contributed by atoms with van der Waals surface area (Å²) in [6.07, 6.45) is 1.31. The number of benzene rings is 1. The zero-order valence-corrected chi connectivity index (χ0v) is 15.3. The SMILES string of the molecule is CCNC(=NCc1nc2ccccc2n1C)N1CC(C)CC(C)C1. The molecule has 1 aliphatic rings. The third kappa shape index (κ3) is 3.55. The van der Waals surface area contributed by atoms with E-state index in [9.17, 15) is 0 Å². The number of hydrogen-bond donors (Lipinski definition) is 1. The van der Waals surface area contributed by atoms with Crippen molar-refractivity contribution in [2.75, 3.05) is 19.6 Å². The summed E-state index contributed by atoms with van der Waals surface area (Å²) in [5.41, 5.74) is 2.20. The van der Waals surface area contributed by atoms with Gasteiger partial charge < -0.3 is 14.8 Å². The van der Waals surface area contributed by atoms with Crippen molar-refractivity contribution >= 4 is 17.0 Å². The smallest absolute Gasteiger partial charge is 0.194 e. The predicted molar refractivity (Wildman–Crippen MR) is 100 cm³/mol. The fourth-order valence-electron chi connectivity index (χ4n) is 3.74. The summed E-state index contributed by atoms with van der Waals surface area (Å²) in [6.45, 7) is 10.4. The molecule has 0 bridgehead atoms. The van der Waals surface area contributed by atoms with Crippen LogP contribution < -0.4 is 5.32 Å². The van der Waals surface area contributed by atoms with Gasteiger partial charge >= 0.3 is 0 Å². The Morgan fingerprint density at radius 2 is 1.96 bits per heavy atom. The maximum atomic E-state index is 4.88. The number of para-hydroxylation sites is 2. The molecule has 2 atom stereocenters. The van der Waals surface area contributed by atoms with Gasteiger partial charge in [0.15, 0.2) is 5.96 Å². The monoisotopic (exact) mass is 327 g/mol. The second kappa shape index (κ2) is 7.24. The van der Waals surface area contributed by atoms with Crippen LogP contribution in [-0.2, 0) is 13.6 Å². The number of aryl methyl sites for hydroxylation is 1. The molecule has 0 amide bonds. The number of fused-ring (bicyclic) bond motifs is 1. The number of imidazole rings is 1. The quantitative estimate of drug-likeness (QED) is 0.696. The normalized spacial score (nSPS) is 22.2. The van der Waals surface area contributed by atoms with Crippen LogP contribution in [-0.4, -0.2) is 40.0 Å². The van der Waals surface area contributed by atoms with Gasteiger partial charge in [0.05, 0.1) is 11.0 Å². The van der Waals surface area contributed by atoms with Crippen molar-refractivity contribution in [3.8, 4) is 0 Å². The first-order chi connectivity index (χ1) is 11.6. The van der Waals surface area contributed by atoms with E-state index in [1.54, 1.807) is 0 Å². The van der Waals surface area contributed by atoms with Gasteiger partial charge in [0.1, 0.15) is 12.4 Å². The van der Waals surface area contributed by atoms with Gasteiger partial charge in [-0.3, -0.25) is 0 Å². The van der Waals surface area contributed by atoms with Gasteiger partial charge in [-0.05, 0) is 37.3 Å². The lowest BCUT2D eigenvalue weighted by molar-refractivity contribution is 0.208. The molecule has 1 N–H and O–H groups in total. The van der Waals surface area contributed by atoms with Gasteiger partial charge in [0.25, 0.3) is 0 Å². The van der Waals surface area contributed by atoms with E-state index in [4.69, 9.17) is 9.98 Å². The van der Waals surface area contributed by atoms with Gasteiger partial charge in [-0.25, -0.2) is 9.98 Å². The third-order valence-corrected chi connectivity index (χ3v) is 4.75. The Morgan fingerprint density at radius 3 is 2.62 bits per heavy atom. The largest absolute Gasteiger partial charge is 0.357 e. The van der Waals surface area contributed by atoms with E-state index in [1.165, 1.54) is 6.42 Å². The Bertz CT molecular complexity index is 708. The molecule has 1 aromatic carbocycles. The summed E-state index contributed by atoms with van der Waals surface area (Å²) in [5.74, 6) is 3.45. The molecule has 0 radical (unpaired) electrons. The van der Waals surface area contributed by atoms with Crippen LogP contribution in [0.3, 0.4) is 0 Å². The molecule has 130 valence electrons. The molecule has 3 rings (SSSR count). The van der Waals surface area contributed by atoms with Crippen LogP contribution in [0.5, 0.6) is 0 Å². The summed E-state index contributed by atoms with van der Waals surface area (Å²) in [7, 11) is 2.07. The van der Waals surface area contributed by atoms with Crippen LogP contribution in [0.1, 0.15) is 33.0 Å². The summed E-state index contributed by atoms with van der Waals surface area (Å²) >= 11 is 0. The number of nitrogens with zero attached hydrogens (tertiary/aromatic N) is 4. The molecule has 1 saturated heterocycles. The van der Waals surface area contributed by atoms with E-state index in [1.807, 2.05) is 6.07 Å². The van der Waals surface area contributed by atoms with Crippen LogP contribution in [0, 0.1) is 11.8 Å². The third-order valence-electron chi connectivity index (χ3n) is 4.75. The Hall–Kier alpha value is -2.04. The van der Waals surface area contributed by atoms with Crippen molar-refractivity contribution in [2.24, 2.45) is 23.9 Å². The highest BCUT2D eigenvalue weighted by molar-refractivity contribution is 5.80. The van der Waals surface area contributed by atoms with Gasteiger partial charge in [0.2, 0.25) is 0 Å². The maximum Gasteiger partial charge on any atom is 0.194 e. The van der Waals surface area contributed by atoms with E-state index < -0.39 is 0 Å². The average Bonchev–Trinajstić information content (AvgIpc) is 2.87. The Kier molecular flexibility index (Phi) is 5.07. The van der Waals surface area contributed by atoms with Crippen molar-refractivity contribution in [3.63, 3.8) is 0 Å². The van der Waals surface area contributed by atoms with Gasteiger partial charge in [-0.2, -0.15) is 0 Å². The zero-order chi connectivity index (χ0) is 17.1. The Balaban J connectivity index is 1.81. The molecule has 2 unspecified atom stereocenters.